The number of halogens is 1. The SMILES string of the molecule is Cc1cc(OCC(CS)c2ccccc2)ccc1Cl. The van der Waals surface area contributed by atoms with Crippen molar-refractivity contribution >= 4 is 24.2 Å². The van der Waals surface area contributed by atoms with E-state index in [1.54, 1.807) is 0 Å². The molecule has 0 radical (unpaired) electrons. The first-order valence-corrected chi connectivity index (χ1v) is 7.26. The minimum absolute atomic E-state index is 0.292. The Labute approximate surface area is 125 Å². The molecule has 1 atom stereocenters. The van der Waals surface area contributed by atoms with Crippen LogP contribution >= 0.6 is 24.2 Å². The van der Waals surface area contributed by atoms with Gasteiger partial charge in [-0.3, -0.25) is 0 Å². The van der Waals surface area contributed by atoms with Crippen LogP contribution in [-0.4, -0.2) is 12.4 Å². The van der Waals surface area contributed by atoms with Gasteiger partial charge >= 0.3 is 0 Å². The summed E-state index contributed by atoms with van der Waals surface area (Å²) in [5, 5.41) is 0.765. The number of hydrogen-bond acceptors (Lipinski definition) is 2. The topological polar surface area (TPSA) is 9.23 Å². The van der Waals surface area contributed by atoms with E-state index < -0.39 is 0 Å². The molecule has 100 valence electrons. The van der Waals surface area contributed by atoms with Crippen molar-refractivity contribution in [2.45, 2.75) is 12.8 Å². The van der Waals surface area contributed by atoms with E-state index in [1.807, 2.05) is 43.3 Å². The fraction of sp³-hybridized carbons (Fsp3) is 0.250. The van der Waals surface area contributed by atoms with Gasteiger partial charge in [-0.2, -0.15) is 12.6 Å². The molecule has 0 aromatic heterocycles. The maximum atomic E-state index is 6.00. The van der Waals surface area contributed by atoms with Crippen molar-refractivity contribution in [3.05, 3.63) is 64.7 Å². The van der Waals surface area contributed by atoms with Crippen LogP contribution in [0.1, 0.15) is 17.0 Å². The summed E-state index contributed by atoms with van der Waals surface area (Å²) < 4.78 is 5.84. The largest absolute Gasteiger partial charge is 0.493 e. The number of rotatable bonds is 5. The van der Waals surface area contributed by atoms with Crippen molar-refractivity contribution in [3.63, 3.8) is 0 Å². The second-order valence-corrected chi connectivity index (χ2v) is 5.28. The van der Waals surface area contributed by atoms with E-state index in [1.165, 1.54) is 5.56 Å². The Hall–Kier alpha value is -1.12. The molecule has 2 aromatic carbocycles. The second kappa shape index (κ2) is 6.88. The van der Waals surface area contributed by atoms with Crippen LogP contribution in [0.25, 0.3) is 0 Å². The molecular weight excluding hydrogens is 276 g/mol. The summed E-state index contributed by atoms with van der Waals surface area (Å²) in [6, 6.07) is 16.0. The van der Waals surface area contributed by atoms with Gasteiger partial charge in [-0.05, 0) is 36.2 Å². The van der Waals surface area contributed by atoms with Crippen LogP contribution in [0.3, 0.4) is 0 Å². The molecule has 2 aromatic rings. The zero-order valence-electron chi connectivity index (χ0n) is 10.8. The Kier molecular flexibility index (Phi) is 5.17. The lowest BCUT2D eigenvalue weighted by molar-refractivity contribution is 0.297. The van der Waals surface area contributed by atoms with Crippen molar-refractivity contribution in [2.24, 2.45) is 0 Å². The Balaban J connectivity index is 2.02. The minimum atomic E-state index is 0.292. The Morgan fingerprint density at radius 1 is 1.16 bits per heavy atom. The maximum Gasteiger partial charge on any atom is 0.119 e. The van der Waals surface area contributed by atoms with Gasteiger partial charge in [0.05, 0.1) is 6.61 Å². The molecule has 2 rings (SSSR count). The Morgan fingerprint density at radius 2 is 1.89 bits per heavy atom. The Bertz CT molecular complexity index is 528. The lowest BCUT2D eigenvalue weighted by Crippen LogP contribution is -2.12. The van der Waals surface area contributed by atoms with Crippen molar-refractivity contribution < 1.29 is 4.74 Å². The molecule has 1 nitrogen and oxygen atoms in total. The molecule has 0 N–H and O–H groups in total. The number of ether oxygens (including phenoxy) is 1. The van der Waals surface area contributed by atoms with Gasteiger partial charge in [0, 0.05) is 16.7 Å². The van der Waals surface area contributed by atoms with E-state index in [2.05, 4.69) is 24.8 Å². The van der Waals surface area contributed by atoms with Gasteiger partial charge in [-0.15, -0.1) is 0 Å². The fourth-order valence-corrected chi connectivity index (χ4v) is 2.32. The summed E-state index contributed by atoms with van der Waals surface area (Å²) in [5.74, 6) is 1.90. The summed E-state index contributed by atoms with van der Waals surface area (Å²) in [6.07, 6.45) is 0. The van der Waals surface area contributed by atoms with Crippen molar-refractivity contribution in [3.8, 4) is 5.75 Å². The molecule has 0 aliphatic heterocycles. The highest BCUT2D eigenvalue weighted by molar-refractivity contribution is 7.80. The van der Waals surface area contributed by atoms with E-state index in [-0.39, 0.29) is 0 Å². The van der Waals surface area contributed by atoms with Crippen LogP contribution in [0.2, 0.25) is 5.02 Å². The van der Waals surface area contributed by atoms with Crippen molar-refractivity contribution in [2.75, 3.05) is 12.4 Å². The van der Waals surface area contributed by atoms with Crippen LogP contribution in [0.5, 0.6) is 5.75 Å². The molecule has 0 fully saturated rings. The number of aryl methyl sites for hydroxylation is 1. The molecule has 19 heavy (non-hydrogen) atoms. The number of thiol groups is 1. The summed E-state index contributed by atoms with van der Waals surface area (Å²) in [6.45, 7) is 2.59. The predicted molar refractivity (Wildman–Crippen MR) is 84.7 cm³/mol. The van der Waals surface area contributed by atoms with Gasteiger partial charge in [0.15, 0.2) is 0 Å². The zero-order valence-corrected chi connectivity index (χ0v) is 12.5. The molecule has 3 heteroatoms. The maximum absolute atomic E-state index is 6.00. The molecule has 1 unspecified atom stereocenters. The molecular formula is C16H17ClOS. The summed E-state index contributed by atoms with van der Waals surface area (Å²) in [5.41, 5.74) is 2.28. The van der Waals surface area contributed by atoms with Crippen LogP contribution < -0.4 is 4.74 Å². The first-order valence-electron chi connectivity index (χ1n) is 6.25. The molecule has 0 heterocycles. The summed E-state index contributed by atoms with van der Waals surface area (Å²) in [7, 11) is 0. The highest BCUT2D eigenvalue weighted by atomic mass is 35.5. The van der Waals surface area contributed by atoms with Crippen LogP contribution in [0, 0.1) is 6.92 Å². The van der Waals surface area contributed by atoms with Crippen molar-refractivity contribution in [1.82, 2.24) is 0 Å². The highest BCUT2D eigenvalue weighted by Gasteiger charge is 2.10. The Morgan fingerprint density at radius 3 is 2.53 bits per heavy atom. The van der Waals surface area contributed by atoms with Crippen LogP contribution in [0.4, 0.5) is 0 Å². The standard InChI is InChI=1S/C16H17ClOS/c1-12-9-15(7-8-16(12)17)18-10-14(11-19)13-5-3-2-4-6-13/h2-9,14,19H,10-11H2,1H3. The molecule has 0 amide bonds. The number of benzene rings is 2. The normalized spacial score (nSPS) is 12.2. The average molecular weight is 293 g/mol. The first-order chi connectivity index (χ1) is 9.20. The van der Waals surface area contributed by atoms with Crippen molar-refractivity contribution in [1.29, 1.82) is 0 Å². The quantitative estimate of drug-likeness (QED) is 0.783. The van der Waals surface area contributed by atoms with Crippen LogP contribution in [-0.2, 0) is 0 Å². The smallest absolute Gasteiger partial charge is 0.119 e. The third kappa shape index (κ3) is 3.92. The average Bonchev–Trinajstić information content (AvgIpc) is 2.44. The predicted octanol–water partition coefficient (Wildman–Crippen LogP) is 4.74. The van der Waals surface area contributed by atoms with Gasteiger partial charge in [-0.1, -0.05) is 41.9 Å². The van der Waals surface area contributed by atoms with E-state index in [4.69, 9.17) is 16.3 Å². The van der Waals surface area contributed by atoms with Gasteiger partial charge in [0.25, 0.3) is 0 Å². The molecule has 0 saturated carbocycles. The summed E-state index contributed by atoms with van der Waals surface area (Å²) >= 11 is 10.4. The third-order valence-corrected chi connectivity index (χ3v) is 3.94. The van der Waals surface area contributed by atoms with E-state index in [9.17, 15) is 0 Å². The van der Waals surface area contributed by atoms with E-state index >= 15 is 0 Å². The second-order valence-electron chi connectivity index (χ2n) is 4.51. The van der Waals surface area contributed by atoms with Gasteiger partial charge in [0.2, 0.25) is 0 Å². The molecule has 0 spiro atoms. The van der Waals surface area contributed by atoms with Gasteiger partial charge in [0.1, 0.15) is 5.75 Å². The lowest BCUT2D eigenvalue weighted by atomic mass is 10.0. The van der Waals surface area contributed by atoms with Gasteiger partial charge < -0.3 is 4.74 Å². The first kappa shape index (κ1) is 14.3. The zero-order chi connectivity index (χ0) is 13.7. The van der Waals surface area contributed by atoms with E-state index in [0.717, 1.165) is 22.1 Å². The number of hydrogen-bond donors (Lipinski definition) is 1. The monoisotopic (exact) mass is 292 g/mol. The highest BCUT2D eigenvalue weighted by Crippen LogP contribution is 2.23. The molecule has 0 bridgehead atoms. The lowest BCUT2D eigenvalue weighted by Gasteiger charge is -2.16. The van der Waals surface area contributed by atoms with Crippen LogP contribution in [0.15, 0.2) is 48.5 Å². The fourth-order valence-electron chi connectivity index (χ4n) is 1.88. The molecule has 0 aliphatic carbocycles. The molecule has 0 aliphatic rings. The molecule has 0 saturated heterocycles. The van der Waals surface area contributed by atoms with E-state index in [0.29, 0.717) is 12.5 Å². The van der Waals surface area contributed by atoms with Gasteiger partial charge in [-0.25, -0.2) is 0 Å². The summed E-state index contributed by atoms with van der Waals surface area (Å²) in [4.78, 5) is 0. The minimum Gasteiger partial charge on any atom is -0.493 e. The third-order valence-electron chi connectivity index (χ3n) is 3.07.